The van der Waals surface area contributed by atoms with Crippen LogP contribution in [0.3, 0.4) is 0 Å². The van der Waals surface area contributed by atoms with E-state index in [4.69, 9.17) is 14.5 Å². The van der Waals surface area contributed by atoms with E-state index in [1.165, 1.54) is 5.56 Å². The van der Waals surface area contributed by atoms with Gasteiger partial charge >= 0.3 is 0 Å². The summed E-state index contributed by atoms with van der Waals surface area (Å²) in [6.45, 7) is 2.15. The fraction of sp³-hybridized carbons (Fsp3) is 0.208. The molecule has 0 saturated carbocycles. The van der Waals surface area contributed by atoms with Crippen LogP contribution in [0, 0.1) is 0 Å². The van der Waals surface area contributed by atoms with Gasteiger partial charge in [0.2, 0.25) is 5.90 Å². The van der Waals surface area contributed by atoms with Gasteiger partial charge in [0.05, 0.1) is 13.2 Å². The summed E-state index contributed by atoms with van der Waals surface area (Å²) in [4.78, 5) is 4.97. The molecule has 1 heterocycles. The Morgan fingerprint density at radius 3 is 2.29 bits per heavy atom. The molecular formula is C24H22BrNO2. The van der Waals surface area contributed by atoms with Gasteiger partial charge in [-0.2, -0.15) is 0 Å². The van der Waals surface area contributed by atoms with Gasteiger partial charge in [-0.05, 0) is 54.4 Å². The lowest BCUT2D eigenvalue weighted by molar-refractivity contribution is 0.0411. The maximum atomic E-state index is 6.49. The normalized spacial score (nSPS) is 21.5. The lowest BCUT2D eigenvalue weighted by Gasteiger charge is -2.38. The predicted molar refractivity (Wildman–Crippen MR) is 116 cm³/mol. The maximum Gasteiger partial charge on any atom is 0.217 e. The molecule has 0 amide bonds. The Hall–Kier alpha value is -2.59. The van der Waals surface area contributed by atoms with Crippen molar-refractivity contribution in [3.05, 3.63) is 100 Å². The largest absolute Gasteiger partial charge is 0.497 e. The lowest BCUT2D eigenvalue weighted by Crippen LogP contribution is -2.35. The van der Waals surface area contributed by atoms with E-state index in [-0.39, 0.29) is 6.04 Å². The molecule has 0 fully saturated rings. The molecule has 0 N–H and O–H groups in total. The lowest BCUT2D eigenvalue weighted by atomic mass is 9.85. The van der Waals surface area contributed by atoms with Crippen LogP contribution in [0.15, 0.2) is 88.3 Å². The summed E-state index contributed by atoms with van der Waals surface area (Å²) in [5.41, 5.74) is 2.82. The summed E-state index contributed by atoms with van der Waals surface area (Å²) in [7, 11) is 1.67. The average molecular weight is 436 g/mol. The van der Waals surface area contributed by atoms with Crippen molar-refractivity contribution in [2.24, 2.45) is 4.99 Å². The zero-order valence-electron chi connectivity index (χ0n) is 15.9. The highest BCUT2D eigenvalue weighted by Crippen LogP contribution is 2.42. The number of hydrogen-bond acceptors (Lipinski definition) is 3. The Kier molecular flexibility index (Phi) is 5.23. The van der Waals surface area contributed by atoms with Crippen molar-refractivity contribution >= 4 is 21.8 Å². The Labute approximate surface area is 174 Å². The van der Waals surface area contributed by atoms with Gasteiger partial charge in [0, 0.05) is 16.5 Å². The summed E-state index contributed by atoms with van der Waals surface area (Å²) in [5.74, 6) is 1.48. The summed E-state index contributed by atoms with van der Waals surface area (Å²) in [6, 6.07) is 26.6. The van der Waals surface area contributed by atoms with Crippen LogP contribution >= 0.6 is 15.9 Å². The van der Waals surface area contributed by atoms with E-state index in [0.717, 1.165) is 27.8 Å². The summed E-state index contributed by atoms with van der Waals surface area (Å²) >= 11 is 3.52. The van der Waals surface area contributed by atoms with Crippen LogP contribution in [0.5, 0.6) is 5.75 Å². The third-order valence-electron chi connectivity index (χ3n) is 5.15. The Balaban J connectivity index is 1.77. The quantitative estimate of drug-likeness (QED) is 0.482. The standard InChI is InChI=1S/C24H22BrNO2/c1-24(19-6-4-3-5-7-19)16-22(17-8-12-20(25)13-9-17)26-23(28-24)18-10-14-21(27-2)15-11-18/h3-15,22H,16H2,1-2H3/t22-,24+/m1/s1. The van der Waals surface area contributed by atoms with Crippen LogP contribution in [0.4, 0.5) is 0 Å². The molecule has 0 radical (unpaired) electrons. The smallest absolute Gasteiger partial charge is 0.217 e. The van der Waals surface area contributed by atoms with Gasteiger partial charge in [0.15, 0.2) is 0 Å². The van der Waals surface area contributed by atoms with Crippen LogP contribution in [0.2, 0.25) is 0 Å². The molecule has 0 aliphatic carbocycles. The minimum Gasteiger partial charge on any atom is -0.497 e. The molecule has 0 saturated heterocycles. The molecule has 0 bridgehead atoms. The van der Waals surface area contributed by atoms with Gasteiger partial charge in [-0.15, -0.1) is 0 Å². The van der Waals surface area contributed by atoms with Gasteiger partial charge in [-0.25, -0.2) is 4.99 Å². The van der Waals surface area contributed by atoms with E-state index in [1.54, 1.807) is 7.11 Å². The number of methoxy groups -OCH3 is 1. The summed E-state index contributed by atoms with van der Waals surface area (Å²) in [5, 5.41) is 0. The Morgan fingerprint density at radius 1 is 0.964 bits per heavy atom. The summed E-state index contributed by atoms with van der Waals surface area (Å²) in [6.07, 6.45) is 0.776. The van der Waals surface area contributed by atoms with Crippen molar-refractivity contribution in [3.63, 3.8) is 0 Å². The zero-order chi connectivity index (χ0) is 19.6. The van der Waals surface area contributed by atoms with E-state index in [1.807, 2.05) is 30.3 Å². The topological polar surface area (TPSA) is 30.8 Å². The van der Waals surface area contributed by atoms with Gasteiger partial charge < -0.3 is 9.47 Å². The summed E-state index contributed by atoms with van der Waals surface area (Å²) < 4.78 is 12.8. The Bertz CT molecular complexity index is 968. The fourth-order valence-corrected chi connectivity index (χ4v) is 3.81. The molecule has 0 spiro atoms. The van der Waals surface area contributed by atoms with Gasteiger partial charge in [0.25, 0.3) is 0 Å². The highest BCUT2D eigenvalue weighted by molar-refractivity contribution is 9.10. The fourth-order valence-electron chi connectivity index (χ4n) is 3.55. The first-order chi connectivity index (χ1) is 13.6. The van der Waals surface area contributed by atoms with E-state index in [0.29, 0.717) is 5.90 Å². The second-order valence-corrected chi connectivity index (χ2v) is 8.05. The molecule has 142 valence electrons. The van der Waals surface area contributed by atoms with Crippen molar-refractivity contribution < 1.29 is 9.47 Å². The van der Waals surface area contributed by atoms with Crippen molar-refractivity contribution in [1.29, 1.82) is 0 Å². The van der Waals surface area contributed by atoms with E-state index in [2.05, 4.69) is 71.4 Å². The molecule has 3 aromatic rings. The third-order valence-corrected chi connectivity index (χ3v) is 5.68. The Morgan fingerprint density at radius 2 is 1.64 bits per heavy atom. The minimum atomic E-state index is -0.462. The van der Waals surface area contributed by atoms with Crippen LogP contribution < -0.4 is 4.74 Å². The number of aliphatic imine (C=N–C) groups is 1. The van der Waals surface area contributed by atoms with Gasteiger partial charge in [-0.3, -0.25) is 0 Å². The highest BCUT2D eigenvalue weighted by Gasteiger charge is 2.38. The first kappa shape index (κ1) is 18.8. The average Bonchev–Trinajstić information content (AvgIpc) is 2.74. The van der Waals surface area contributed by atoms with Gasteiger partial charge in [0.1, 0.15) is 11.4 Å². The molecule has 0 aromatic heterocycles. The number of nitrogens with zero attached hydrogens (tertiary/aromatic N) is 1. The van der Waals surface area contributed by atoms with E-state index >= 15 is 0 Å². The van der Waals surface area contributed by atoms with E-state index in [9.17, 15) is 0 Å². The molecule has 1 aliphatic heterocycles. The van der Waals surface area contributed by atoms with Crippen molar-refractivity contribution in [3.8, 4) is 5.75 Å². The first-order valence-electron chi connectivity index (χ1n) is 9.30. The van der Waals surface area contributed by atoms with Crippen LogP contribution in [0.1, 0.15) is 36.1 Å². The molecule has 4 heteroatoms. The number of rotatable bonds is 4. The zero-order valence-corrected chi connectivity index (χ0v) is 17.5. The first-order valence-corrected chi connectivity index (χ1v) is 10.1. The third kappa shape index (κ3) is 3.83. The second kappa shape index (κ2) is 7.80. The predicted octanol–water partition coefficient (Wildman–Crippen LogP) is 6.28. The number of ether oxygens (including phenoxy) is 2. The van der Waals surface area contributed by atoms with Crippen molar-refractivity contribution in [1.82, 2.24) is 0 Å². The highest BCUT2D eigenvalue weighted by atomic mass is 79.9. The molecule has 3 aromatic carbocycles. The van der Waals surface area contributed by atoms with Crippen molar-refractivity contribution in [2.75, 3.05) is 7.11 Å². The van der Waals surface area contributed by atoms with Crippen LogP contribution in [0.25, 0.3) is 0 Å². The number of hydrogen-bond donors (Lipinski definition) is 0. The van der Waals surface area contributed by atoms with E-state index < -0.39 is 5.60 Å². The van der Waals surface area contributed by atoms with Crippen molar-refractivity contribution in [2.45, 2.75) is 25.0 Å². The maximum absolute atomic E-state index is 6.49. The molecule has 0 unspecified atom stereocenters. The monoisotopic (exact) mass is 435 g/mol. The minimum absolute atomic E-state index is 0.0177. The molecule has 3 nitrogen and oxygen atoms in total. The molecule has 4 rings (SSSR count). The van der Waals surface area contributed by atoms with Crippen LogP contribution in [-0.2, 0) is 10.3 Å². The molecule has 2 atom stereocenters. The molecule has 28 heavy (non-hydrogen) atoms. The van der Waals surface area contributed by atoms with Crippen LogP contribution in [-0.4, -0.2) is 13.0 Å². The van der Waals surface area contributed by atoms with Gasteiger partial charge in [-0.1, -0.05) is 58.4 Å². The second-order valence-electron chi connectivity index (χ2n) is 7.13. The SMILES string of the molecule is COc1ccc(C2=N[C@@H](c3ccc(Br)cc3)C[C@@](C)(c3ccccc3)O2)cc1. The molecule has 1 aliphatic rings. The number of halogens is 1. The molecular weight excluding hydrogens is 414 g/mol. The number of benzene rings is 3.